The third-order valence-corrected chi connectivity index (χ3v) is 6.05. The van der Waals surface area contributed by atoms with Crippen molar-refractivity contribution in [3.8, 4) is 0 Å². The van der Waals surface area contributed by atoms with Gasteiger partial charge < -0.3 is 0 Å². The molecular formula is C18H17F2NO2S. The van der Waals surface area contributed by atoms with E-state index < -0.39 is 21.7 Å². The maximum Gasteiger partial charge on any atom is 0.244 e. The monoisotopic (exact) mass is 349 g/mol. The lowest BCUT2D eigenvalue weighted by atomic mass is 10.1. The molecular weight excluding hydrogens is 332 g/mol. The van der Waals surface area contributed by atoms with E-state index >= 15 is 0 Å². The second kappa shape index (κ2) is 6.45. The van der Waals surface area contributed by atoms with Gasteiger partial charge in [0.1, 0.15) is 11.6 Å². The Hall–Kier alpha value is -2.05. The number of halogens is 2. The molecule has 0 saturated carbocycles. The van der Waals surface area contributed by atoms with Crippen LogP contribution in [-0.2, 0) is 16.4 Å². The Bertz CT molecular complexity index is 860. The van der Waals surface area contributed by atoms with E-state index in [9.17, 15) is 17.2 Å². The normalized spacial score (nSPS) is 17.0. The smallest absolute Gasteiger partial charge is 0.207 e. The number of nitrogens with zero attached hydrogens (tertiary/aromatic N) is 1. The highest BCUT2D eigenvalue weighted by Gasteiger charge is 2.35. The summed E-state index contributed by atoms with van der Waals surface area (Å²) in [7, 11) is -4.05. The summed E-state index contributed by atoms with van der Waals surface area (Å²) in [5.41, 5.74) is 2.02. The quantitative estimate of drug-likeness (QED) is 0.770. The molecule has 0 aliphatic heterocycles. The first kappa shape index (κ1) is 16.8. The van der Waals surface area contributed by atoms with Crippen molar-refractivity contribution >= 4 is 10.0 Å². The molecule has 0 aromatic heterocycles. The molecule has 3 nitrogen and oxygen atoms in total. The Morgan fingerprint density at radius 3 is 2.50 bits per heavy atom. The molecule has 0 amide bonds. The first-order chi connectivity index (χ1) is 11.4. The fraction of sp³-hybridized carbons (Fsp3) is 0.222. The van der Waals surface area contributed by atoms with Gasteiger partial charge in [-0.2, -0.15) is 4.31 Å². The lowest BCUT2D eigenvalue weighted by Gasteiger charge is -2.28. The summed E-state index contributed by atoms with van der Waals surface area (Å²) >= 11 is 0. The van der Waals surface area contributed by atoms with Crippen LogP contribution in [0.2, 0.25) is 0 Å². The van der Waals surface area contributed by atoms with E-state index in [2.05, 4.69) is 6.58 Å². The van der Waals surface area contributed by atoms with Gasteiger partial charge in [-0.1, -0.05) is 30.3 Å². The minimum Gasteiger partial charge on any atom is -0.207 e. The van der Waals surface area contributed by atoms with Gasteiger partial charge in [0.2, 0.25) is 10.0 Å². The molecule has 126 valence electrons. The van der Waals surface area contributed by atoms with Gasteiger partial charge in [0.25, 0.3) is 0 Å². The standard InChI is InChI=1S/C18H17F2NO2S/c1-2-9-21(18-8-7-13-5-3-4-6-17(13)18)24(22,23)16-11-14(19)10-15(20)12-16/h2-6,10-12,18H,1,7-9H2/t18-/m1/s1. The Morgan fingerprint density at radius 2 is 1.83 bits per heavy atom. The molecule has 6 heteroatoms. The van der Waals surface area contributed by atoms with Crippen molar-refractivity contribution in [2.75, 3.05) is 6.54 Å². The molecule has 0 N–H and O–H groups in total. The second-order valence-corrected chi connectivity index (χ2v) is 7.61. The van der Waals surface area contributed by atoms with E-state index in [0.29, 0.717) is 12.5 Å². The zero-order valence-corrected chi connectivity index (χ0v) is 13.8. The van der Waals surface area contributed by atoms with E-state index in [1.54, 1.807) is 0 Å². The van der Waals surface area contributed by atoms with Crippen LogP contribution >= 0.6 is 0 Å². The SMILES string of the molecule is C=CCN([C@@H]1CCc2ccccc21)S(=O)(=O)c1cc(F)cc(F)c1. The average molecular weight is 349 g/mol. The molecule has 0 heterocycles. The van der Waals surface area contributed by atoms with Crippen LogP contribution in [0.3, 0.4) is 0 Å². The van der Waals surface area contributed by atoms with E-state index in [1.807, 2.05) is 24.3 Å². The molecule has 3 rings (SSSR count). The molecule has 2 aromatic carbocycles. The van der Waals surface area contributed by atoms with Crippen LogP contribution in [-0.4, -0.2) is 19.3 Å². The van der Waals surface area contributed by atoms with E-state index in [-0.39, 0.29) is 17.5 Å². The largest absolute Gasteiger partial charge is 0.244 e. The highest BCUT2D eigenvalue weighted by atomic mass is 32.2. The predicted molar refractivity (Wildman–Crippen MR) is 88.0 cm³/mol. The van der Waals surface area contributed by atoms with Gasteiger partial charge >= 0.3 is 0 Å². The van der Waals surface area contributed by atoms with Gasteiger partial charge in [-0.05, 0) is 36.1 Å². The summed E-state index contributed by atoms with van der Waals surface area (Å²) in [6, 6.07) is 9.61. The third-order valence-electron chi connectivity index (χ3n) is 4.20. The van der Waals surface area contributed by atoms with Gasteiger partial charge in [0, 0.05) is 12.6 Å². The number of aryl methyl sites for hydroxylation is 1. The summed E-state index contributed by atoms with van der Waals surface area (Å²) < 4.78 is 54.2. The average Bonchev–Trinajstić information content (AvgIpc) is 2.95. The number of rotatable bonds is 5. The first-order valence-electron chi connectivity index (χ1n) is 7.60. The van der Waals surface area contributed by atoms with Crippen LogP contribution in [0.1, 0.15) is 23.6 Å². The lowest BCUT2D eigenvalue weighted by molar-refractivity contribution is 0.348. The molecule has 0 unspecified atom stereocenters. The van der Waals surface area contributed by atoms with Crippen LogP contribution in [0.5, 0.6) is 0 Å². The van der Waals surface area contributed by atoms with Crippen molar-refractivity contribution in [2.45, 2.75) is 23.8 Å². The number of hydrogen-bond donors (Lipinski definition) is 0. The Morgan fingerprint density at radius 1 is 1.17 bits per heavy atom. The minimum atomic E-state index is -4.05. The first-order valence-corrected chi connectivity index (χ1v) is 9.04. The van der Waals surface area contributed by atoms with Crippen LogP contribution in [0.25, 0.3) is 0 Å². The summed E-state index contributed by atoms with van der Waals surface area (Å²) in [6.45, 7) is 3.68. The van der Waals surface area contributed by atoms with Gasteiger partial charge in [0.15, 0.2) is 0 Å². The van der Waals surface area contributed by atoms with Crippen molar-refractivity contribution < 1.29 is 17.2 Å². The highest BCUT2D eigenvalue weighted by Crippen LogP contribution is 2.38. The number of benzene rings is 2. The van der Waals surface area contributed by atoms with Crippen LogP contribution in [0.15, 0.2) is 60.0 Å². The fourth-order valence-corrected chi connectivity index (χ4v) is 4.82. The summed E-state index contributed by atoms with van der Waals surface area (Å²) in [6.07, 6.45) is 2.87. The molecule has 0 spiro atoms. The predicted octanol–water partition coefficient (Wildman–Crippen LogP) is 3.83. The molecule has 0 bridgehead atoms. The van der Waals surface area contributed by atoms with E-state index in [0.717, 1.165) is 29.7 Å². The number of hydrogen-bond acceptors (Lipinski definition) is 2. The molecule has 0 radical (unpaired) electrons. The van der Waals surface area contributed by atoms with Gasteiger partial charge in [0.05, 0.1) is 10.9 Å². The Balaban J connectivity index is 2.07. The highest BCUT2D eigenvalue weighted by molar-refractivity contribution is 7.89. The zero-order valence-electron chi connectivity index (χ0n) is 13.0. The third kappa shape index (κ3) is 2.99. The van der Waals surface area contributed by atoms with Crippen molar-refractivity contribution in [3.05, 3.63) is 77.9 Å². The maximum atomic E-state index is 13.5. The Kier molecular flexibility index (Phi) is 4.51. The van der Waals surface area contributed by atoms with Crippen molar-refractivity contribution in [2.24, 2.45) is 0 Å². The van der Waals surface area contributed by atoms with Crippen molar-refractivity contribution in [3.63, 3.8) is 0 Å². The molecule has 1 aliphatic rings. The molecule has 1 aliphatic carbocycles. The van der Waals surface area contributed by atoms with Crippen LogP contribution in [0.4, 0.5) is 8.78 Å². The van der Waals surface area contributed by atoms with E-state index in [1.165, 1.54) is 10.4 Å². The summed E-state index contributed by atoms with van der Waals surface area (Å²) in [4.78, 5) is -0.383. The zero-order chi connectivity index (χ0) is 17.3. The molecule has 1 atom stereocenters. The van der Waals surface area contributed by atoms with Crippen molar-refractivity contribution in [1.82, 2.24) is 4.31 Å². The number of sulfonamides is 1. The van der Waals surface area contributed by atoms with Crippen LogP contribution < -0.4 is 0 Å². The van der Waals surface area contributed by atoms with Crippen molar-refractivity contribution in [1.29, 1.82) is 0 Å². The van der Waals surface area contributed by atoms with Gasteiger partial charge in [-0.3, -0.25) is 0 Å². The van der Waals surface area contributed by atoms with Crippen LogP contribution in [0, 0.1) is 11.6 Å². The second-order valence-electron chi connectivity index (χ2n) is 5.72. The van der Waals surface area contributed by atoms with Gasteiger partial charge in [-0.15, -0.1) is 6.58 Å². The number of fused-ring (bicyclic) bond motifs is 1. The summed E-state index contributed by atoms with van der Waals surface area (Å²) in [5.74, 6) is -1.84. The molecule has 0 saturated heterocycles. The topological polar surface area (TPSA) is 37.4 Å². The summed E-state index contributed by atoms with van der Waals surface area (Å²) in [5, 5.41) is 0. The van der Waals surface area contributed by atoms with Gasteiger partial charge in [-0.25, -0.2) is 17.2 Å². The fourth-order valence-electron chi connectivity index (χ4n) is 3.17. The minimum absolute atomic E-state index is 0.0689. The molecule has 2 aromatic rings. The molecule has 24 heavy (non-hydrogen) atoms. The maximum absolute atomic E-state index is 13.5. The molecule has 0 fully saturated rings. The lowest BCUT2D eigenvalue weighted by Crippen LogP contribution is -2.34. The van der Waals surface area contributed by atoms with E-state index in [4.69, 9.17) is 0 Å². The Labute approximate surface area is 140 Å².